The predicted molar refractivity (Wildman–Crippen MR) is 89.7 cm³/mol. The number of aryl methyl sites for hydroxylation is 1. The van der Waals surface area contributed by atoms with Crippen molar-refractivity contribution in [3.8, 4) is 10.8 Å². The minimum absolute atomic E-state index is 0.111. The molecule has 21 heavy (non-hydrogen) atoms. The quantitative estimate of drug-likeness (QED) is 0.862. The Balaban J connectivity index is 2.29. The van der Waals surface area contributed by atoms with Crippen LogP contribution in [0.25, 0.3) is 10.8 Å². The van der Waals surface area contributed by atoms with E-state index in [1.807, 2.05) is 6.07 Å². The number of hydrogen-bond donors (Lipinski definition) is 1. The lowest BCUT2D eigenvalue weighted by molar-refractivity contribution is 0.425. The summed E-state index contributed by atoms with van der Waals surface area (Å²) >= 11 is 1.75. The second-order valence-corrected chi connectivity index (χ2v) is 8.11. The zero-order valence-electron chi connectivity index (χ0n) is 13.9. The van der Waals surface area contributed by atoms with E-state index >= 15 is 0 Å². The van der Waals surface area contributed by atoms with Gasteiger partial charge in [-0.3, -0.25) is 0 Å². The number of hydrogen-bond acceptors (Lipinski definition) is 4. The van der Waals surface area contributed by atoms with Gasteiger partial charge in [-0.25, -0.2) is 4.98 Å². The zero-order chi connectivity index (χ0) is 15.6. The second-order valence-electron chi connectivity index (χ2n) is 7.02. The van der Waals surface area contributed by atoms with E-state index in [9.17, 15) is 0 Å². The molecule has 2 aromatic rings. The molecule has 116 valence electrons. The zero-order valence-corrected chi connectivity index (χ0v) is 14.7. The van der Waals surface area contributed by atoms with Crippen LogP contribution in [0.15, 0.2) is 16.7 Å². The third-order valence-electron chi connectivity index (χ3n) is 3.22. The first-order chi connectivity index (χ1) is 9.76. The molecule has 0 saturated carbocycles. The highest BCUT2D eigenvalue weighted by molar-refractivity contribution is 7.15. The minimum atomic E-state index is 0.111. The lowest BCUT2D eigenvalue weighted by Crippen LogP contribution is -2.35. The van der Waals surface area contributed by atoms with Crippen LogP contribution in [-0.2, 0) is 13.0 Å². The molecule has 3 nitrogen and oxygen atoms in total. The van der Waals surface area contributed by atoms with Crippen molar-refractivity contribution >= 4 is 11.3 Å². The first-order valence-electron chi connectivity index (χ1n) is 7.54. The molecule has 2 rings (SSSR count). The van der Waals surface area contributed by atoms with Crippen LogP contribution in [-0.4, -0.2) is 10.5 Å². The number of thiazole rings is 1. The molecule has 0 aliphatic heterocycles. The largest absolute Gasteiger partial charge is 0.462 e. The summed E-state index contributed by atoms with van der Waals surface area (Å²) in [6.07, 6.45) is 2.75. The Bertz CT molecular complexity index is 590. The molecule has 0 amide bonds. The molecule has 0 bridgehead atoms. The molecular weight excluding hydrogens is 280 g/mol. The summed E-state index contributed by atoms with van der Waals surface area (Å²) in [6.45, 7) is 14.0. The van der Waals surface area contributed by atoms with Gasteiger partial charge in [-0.05, 0) is 51.7 Å². The predicted octanol–water partition coefficient (Wildman–Crippen LogP) is 4.80. The number of nitrogens with one attached hydrogen (secondary N) is 1. The molecule has 0 atom stereocenters. The van der Waals surface area contributed by atoms with E-state index in [0.717, 1.165) is 29.3 Å². The van der Waals surface area contributed by atoms with Crippen molar-refractivity contribution < 1.29 is 4.42 Å². The fraction of sp³-hybridized carbons (Fsp3) is 0.588. The Labute approximate surface area is 131 Å². The van der Waals surface area contributed by atoms with Gasteiger partial charge in [0.05, 0.1) is 12.0 Å². The maximum absolute atomic E-state index is 5.60. The van der Waals surface area contributed by atoms with Gasteiger partial charge in [0.15, 0.2) is 10.8 Å². The van der Waals surface area contributed by atoms with E-state index in [-0.39, 0.29) is 5.54 Å². The third-order valence-corrected chi connectivity index (χ3v) is 4.31. The van der Waals surface area contributed by atoms with E-state index in [2.05, 4.69) is 46.9 Å². The fourth-order valence-electron chi connectivity index (χ4n) is 2.10. The molecule has 0 fully saturated rings. The fourth-order valence-corrected chi connectivity index (χ4v) is 3.18. The van der Waals surface area contributed by atoms with Gasteiger partial charge < -0.3 is 9.73 Å². The van der Waals surface area contributed by atoms with Crippen molar-refractivity contribution in [2.45, 2.75) is 60.0 Å². The number of aromatic nitrogens is 1. The van der Waals surface area contributed by atoms with Gasteiger partial charge >= 0.3 is 0 Å². The highest BCUT2D eigenvalue weighted by atomic mass is 32.1. The van der Waals surface area contributed by atoms with E-state index in [0.29, 0.717) is 5.92 Å². The topological polar surface area (TPSA) is 38.1 Å². The summed E-state index contributed by atoms with van der Waals surface area (Å²) in [4.78, 5) is 6.16. The molecule has 1 N–H and O–H groups in total. The maximum Gasteiger partial charge on any atom is 0.165 e. The Hall–Kier alpha value is -1.13. The van der Waals surface area contributed by atoms with Gasteiger partial charge in [-0.2, -0.15) is 0 Å². The molecule has 0 aromatic carbocycles. The maximum atomic E-state index is 5.60. The summed E-state index contributed by atoms with van der Waals surface area (Å²) in [7, 11) is 0. The highest BCUT2D eigenvalue weighted by Gasteiger charge is 2.18. The van der Waals surface area contributed by atoms with Crippen LogP contribution in [0, 0.1) is 12.8 Å². The molecule has 4 heteroatoms. The van der Waals surface area contributed by atoms with Gasteiger partial charge in [0.2, 0.25) is 0 Å². The van der Waals surface area contributed by atoms with Crippen LogP contribution in [0.3, 0.4) is 0 Å². The summed E-state index contributed by atoms with van der Waals surface area (Å²) in [6, 6.07) is 1.99. The molecular formula is C17H26N2OS. The molecule has 0 spiro atoms. The molecule has 2 aromatic heterocycles. The van der Waals surface area contributed by atoms with Gasteiger partial charge in [0.1, 0.15) is 0 Å². The highest BCUT2D eigenvalue weighted by Crippen LogP contribution is 2.32. The van der Waals surface area contributed by atoms with Crippen molar-refractivity contribution in [1.82, 2.24) is 10.3 Å². The molecule has 0 unspecified atom stereocenters. The standard InChI is InChI=1S/C17H26N2OS/c1-11(2)9-13-14(10-18-17(4,5)6)21-16(19-13)15-12(3)7-8-20-15/h7-8,11,18H,9-10H2,1-6H3. The average Bonchev–Trinajstić information content (AvgIpc) is 2.91. The van der Waals surface area contributed by atoms with Crippen molar-refractivity contribution in [3.05, 3.63) is 28.5 Å². The lowest BCUT2D eigenvalue weighted by atomic mass is 10.1. The molecule has 0 saturated heterocycles. The smallest absolute Gasteiger partial charge is 0.165 e. The summed E-state index contributed by atoms with van der Waals surface area (Å²) < 4.78 is 5.60. The van der Waals surface area contributed by atoms with Crippen LogP contribution in [0.4, 0.5) is 0 Å². The number of rotatable bonds is 5. The van der Waals surface area contributed by atoms with Crippen LogP contribution in [0.1, 0.15) is 50.8 Å². The minimum Gasteiger partial charge on any atom is -0.462 e. The van der Waals surface area contributed by atoms with Crippen LogP contribution in [0.2, 0.25) is 0 Å². The van der Waals surface area contributed by atoms with Crippen molar-refractivity contribution in [1.29, 1.82) is 0 Å². The Morgan fingerprint density at radius 1 is 1.33 bits per heavy atom. The van der Waals surface area contributed by atoms with E-state index < -0.39 is 0 Å². The van der Waals surface area contributed by atoms with Crippen molar-refractivity contribution in [2.75, 3.05) is 0 Å². The van der Waals surface area contributed by atoms with Gasteiger partial charge in [-0.15, -0.1) is 11.3 Å². The van der Waals surface area contributed by atoms with Gasteiger partial charge in [-0.1, -0.05) is 13.8 Å². The van der Waals surface area contributed by atoms with Crippen LogP contribution < -0.4 is 5.32 Å². The molecule has 0 aliphatic rings. The van der Waals surface area contributed by atoms with E-state index in [1.165, 1.54) is 10.6 Å². The summed E-state index contributed by atoms with van der Waals surface area (Å²) in [5.41, 5.74) is 2.47. The Kier molecular flexibility index (Phi) is 4.89. The lowest BCUT2D eigenvalue weighted by Gasteiger charge is -2.20. The van der Waals surface area contributed by atoms with E-state index in [4.69, 9.17) is 9.40 Å². The summed E-state index contributed by atoms with van der Waals surface area (Å²) in [5.74, 6) is 1.51. The van der Waals surface area contributed by atoms with Crippen molar-refractivity contribution in [3.63, 3.8) is 0 Å². The van der Waals surface area contributed by atoms with Crippen LogP contribution >= 0.6 is 11.3 Å². The summed E-state index contributed by atoms with van der Waals surface area (Å²) in [5, 5.41) is 4.56. The normalized spacial score (nSPS) is 12.3. The number of nitrogens with zero attached hydrogens (tertiary/aromatic N) is 1. The first kappa shape index (κ1) is 16.2. The average molecular weight is 306 g/mol. The number of furan rings is 1. The Morgan fingerprint density at radius 3 is 2.57 bits per heavy atom. The van der Waals surface area contributed by atoms with Gasteiger partial charge in [0, 0.05) is 17.0 Å². The third kappa shape index (κ3) is 4.42. The van der Waals surface area contributed by atoms with Crippen LogP contribution in [0.5, 0.6) is 0 Å². The molecule has 2 heterocycles. The molecule has 0 radical (unpaired) electrons. The SMILES string of the molecule is Cc1ccoc1-c1nc(CC(C)C)c(CNC(C)(C)C)s1. The molecule has 0 aliphatic carbocycles. The van der Waals surface area contributed by atoms with E-state index in [1.54, 1.807) is 17.6 Å². The Morgan fingerprint density at radius 2 is 2.05 bits per heavy atom. The van der Waals surface area contributed by atoms with Gasteiger partial charge in [0.25, 0.3) is 0 Å². The first-order valence-corrected chi connectivity index (χ1v) is 8.36. The monoisotopic (exact) mass is 306 g/mol. The second kappa shape index (κ2) is 6.32. The van der Waals surface area contributed by atoms with Crippen molar-refractivity contribution in [2.24, 2.45) is 5.92 Å².